The number of aromatic nitrogens is 2. The highest BCUT2D eigenvalue weighted by Gasteiger charge is 2.30. The fourth-order valence-corrected chi connectivity index (χ4v) is 5.74. The highest BCUT2D eigenvalue weighted by molar-refractivity contribution is 5.95. The number of urea groups is 1. The van der Waals surface area contributed by atoms with Gasteiger partial charge in [-0.3, -0.25) is 4.90 Å². The van der Waals surface area contributed by atoms with Gasteiger partial charge in [-0.2, -0.15) is 4.98 Å². The molecule has 2 aliphatic heterocycles. The van der Waals surface area contributed by atoms with Crippen LogP contribution in [0.5, 0.6) is 5.75 Å². The van der Waals surface area contributed by atoms with Gasteiger partial charge in [0.1, 0.15) is 17.5 Å². The van der Waals surface area contributed by atoms with Crippen molar-refractivity contribution >= 4 is 35.5 Å². The fourth-order valence-electron chi connectivity index (χ4n) is 5.74. The van der Waals surface area contributed by atoms with Crippen LogP contribution < -0.4 is 19.9 Å². The van der Waals surface area contributed by atoms with Crippen LogP contribution >= 0.6 is 0 Å². The van der Waals surface area contributed by atoms with E-state index in [1.54, 1.807) is 45.2 Å². The Balaban J connectivity index is 1.37. The quantitative estimate of drug-likeness (QED) is 0.306. The number of anilines is 3. The van der Waals surface area contributed by atoms with Gasteiger partial charge >= 0.3 is 18.1 Å². The molecular weight excluding hydrogens is 574 g/mol. The number of carboxylic acids is 1. The molecule has 45 heavy (non-hydrogen) atoms. The molecule has 2 aliphatic rings. The third-order valence-electron chi connectivity index (χ3n) is 8.29. The molecule has 3 amide bonds. The molecule has 1 atom stereocenters. The van der Waals surface area contributed by atoms with Crippen molar-refractivity contribution in [1.29, 1.82) is 0 Å². The number of carbonyl (C=O) groups is 3. The van der Waals surface area contributed by atoms with Gasteiger partial charge in [-0.25, -0.2) is 19.4 Å². The topological polar surface area (TPSA) is 131 Å². The lowest BCUT2D eigenvalue weighted by Crippen LogP contribution is -2.42. The van der Waals surface area contributed by atoms with Crippen LogP contribution in [0.2, 0.25) is 0 Å². The van der Waals surface area contributed by atoms with Crippen molar-refractivity contribution in [3.05, 3.63) is 71.4 Å². The van der Waals surface area contributed by atoms with Crippen LogP contribution in [0.15, 0.2) is 54.7 Å². The third kappa shape index (κ3) is 7.27. The minimum Gasteiger partial charge on any atom is -0.480 e. The van der Waals surface area contributed by atoms with Gasteiger partial charge in [-0.1, -0.05) is 36.4 Å². The van der Waals surface area contributed by atoms with Crippen LogP contribution in [0.4, 0.5) is 27.0 Å². The van der Waals surface area contributed by atoms with Crippen molar-refractivity contribution in [3.63, 3.8) is 0 Å². The Labute approximate surface area is 263 Å². The number of nitrogens with zero attached hydrogens (tertiary/aromatic N) is 6. The minimum atomic E-state index is -1.07. The van der Waals surface area contributed by atoms with E-state index in [4.69, 9.17) is 9.72 Å². The number of carboxylic acid groups (broad SMARTS) is 1. The van der Waals surface area contributed by atoms with E-state index < -0.39 is 12.0 Å². The second-order valence-electron chi connectivity index (χ2n) is 11.2. The molecule has 0 spiro atoms. The molecule has 0 saturated carbocycles. The number of amides is 3. The van der Waals surface area contributed by atoms with Gasteiger partial charge in [0.25, 0.3) is 0 Å². The molecule has 238 valence electrons. The van der Waals surface area contributed by atoms with Crippen LogP contribution in [0.3, 0.4) is 0 Å². The second-order valence-corrected chi connectivity index (χ2v) is 11.2. The molecule has 1 fully saturated rings. The van der Waals surface area contributed by atoms with Crippen LogP contribution in [0, 0.1) is 0 Å². The Hall–Kier alpha value is -4.87. The first-order valence-electron chi connectivity index (χ1n) is 15.6. The maximum atomic E-state index is 13.8. The van der Waals surface area contributed by atoms with Gasteiger partial charge in [-0.15, -0.1) is 0 Å². The van der Waals surface area contributed by atoms with E-state index in [0.717, 1.165) is 29.5 Å². The highest BCUT2D eigenvalue weighted by atomic mass is 16.6. The molecule has 12 nitrogen and oxygen atoms in total. The number of carbonyl (C=O) groups excluding carboxylic acids is 2. The van der Waals surface area contributed by atoms with Gasteiger partial charge in [0.2, 0.25) is 5.95 Å². The molecule has 0 unspecified atom stereocenters. The lowest BCUT2D eigenvalue weighted by molar-refractivity contribution is -0.137. The van der Waals surface area contributed by atoms with Crippen molar-refractivity contribution < 1.29 is 24.2 Å². The summed E-state index contributed by atoms with van der Waals surface area (Å²) in [7, 11) is 0. The SMILES string of the molecule is CCN(CC)c1ncc(N(CC)C(=O)N2Cc3ccccc3C2)c(N[C@@H](Cc2ccc(OC(=O)N3CCCC3)cc2)C(=O)O)n1. The zero-order valence-electron chi connectivity index (χ0n) is 26.1. The number of hydrogen-bond donors (Lipinski definition) is 2. The van der Waals surface area contributed by atoms with Crippen LogP contribution in [0.25, 0.3) is 0 Å². The lowest BCUT2D eigenvalue weighted by atomic mass is 10.1. The van der Waals surface area contributed by atoms with Gasteiger partial charge in [0, 0.05) is 52.2 Å². The summed E-state index contributed by atoms with van der Waals surface area (Å²) < 4.78 is 5.49. The summed E-state index contributed by atoms with van der Waals surface area (Å²) >= 11 is 0. The molecule has 1 saturated heterocycles. The number of ether oxygens (including phenoxy) is 1. The summed E-state index contributed by atoms with van der Waals surface area (Å²) in [6.45, 7) is 9.89. The van der Waals surface area contributed by atoms with Gasteiger partial charge < -0.3 is 29.9 Å². The van der Waals surface area contributed by atoms with Crippen molar-refractivity contribution in [2.45, 2.75) is 59.2 Å². The molecule has 12 heteroatoms. The Morgan fingerprint density at radius 1 is 0.933 bits per heavy atom. The number of rotatable bonds is 11. The number of aliphatic carboxylic acids is 1. The van der Waals surface area contributed by atoms with E-state index in [9.17, 15) is 19.5 Å². The minimum absolute atomic E-state index is 0.126. The predicted molar refractivity (Wildman–Crippen MR) is 172 cm³/mol. The standard InChI is InChI=1S/C33H41N7O5/c1-4-37(5-2)31-34-20-28(40(6-3)32(43)39-21-24-11-7-8-12-25(24)22-39)29(36-31)35-27(30(41)42)19-23-13-15-26(16-14-23)45-33(44)38-17-9-10-18-38/h7-8,11-16,20,27H,4-6,9-10,17-19,21-22H2,1-3H3,(H,41,42)(H,34,35,36)/t27-/m0/s1. The summed E-state index contributed by atoms with van der Waals surface area (Å²) in [5, 5.41) is 13.4. The van der Waals surface area contributed by atoms with Gasteiger partial charge in [-0.05, 0) is 62.4 Å². The summed E-state index contributed by atoms with van der Waals surface area (Å²) in [4.78, 5) is 55.0. The average Bonchev–Trinajstić information content (AvgIpc) is 3.74. The zero-order valence-corrected chi connectivity index (χ0v) is 26.1. The molecule has 3 heterocycles. The number of fused-ring (bicyclic) bond motifs is 1. The number of hydrogen-bond acceptors (Lipinski definition) is 8. The summed E-state index contributed by atoms with van der Waals surface area (Å²) in [6.07, 6.45) is 3.29. The molecule has 2 aromatic carbocycles. The van der Waals surface area contributed by atoms with Crippen molar-refractivity contribution in [2.24, 2.45) is 0 Å². The Bertz CT molecular complexity index is 1480. The van der Waals surface area contributed by atoms with E-state index in [-0.39, 0.29) is 24.4 Å². The first-order chi connectivity index (χ1) is 21.8. The Kier molecular flexibility index (Phi) is 10.0. The van der Waals surface area contributed by atoms with Crippen molar-refractivity contribution in [3.8, 4) is 5.75 Å². The Morgan fingerprint density at radius 3 is 2.16 bits per heavy atom. The van der Waals surface area contributed by atoms with E-state index in [1.165, 1.54) is 0 Å². The number of benzene rings is 2. The van der Waals surface area contributed by atoms with Gasteiger partial charge in [0.05, 0.1) is 6.20 Å². The smallest absolute Gasteiger partial charge is 0.415 e. The first-order valence-corrected chi connectivity index (χ1v) is 15.6. The van der Waals surface area contributed by atoms with Crippen LogP contribution in [0.1, 0.15) is 50.3 Å². The predicted octanol–water partition coefficient (Wildman–Crippen LogP) is 4.99. The summed E-state index contributed by atoms with van der Waals surface area (Å²) in [5.74, 6) is 0.0375. The molecule has 3 aromatic rings. The van der Waals surface area contributed by atoms with Crippen LogP contribution in [-0.4, -0.2) is 81.7 Å². The molecule has 5 rings (SSSR count). The number of nitrogens with one attached hydrogen (secondary N) is 1. The third-order valence-corrected chi connectivity index (χ3v) is 8.29. The summed E-state index contributed by atoms with van der Waals surface area (Å²) in [6, 6.07) is 13.5. The van der Waals surface area contributed by atoms with E-state index in [2.05, 4.69) is 10.3 Å². The van der Waals surface area contributed by atoms with Crippen molar-refractivity contribution in [1.82, 2.24) is 19.8 Å². The number of likely N-dealkylation sites (tertiary alicyclic amines) is 1. The van der Waals surface area contributed by atoms with E-state index >= 15 is 0 Å². The largest absolute Gasteiger partial charge is 0.480 e. The van der Waals surface area contributed by atoms with Crippen molar-refractivity contribution in [2.75, 3.05) is 47.8 Å². The normalized spacial score (nSPS) is 14.6. The lowest BCUT2D eigenvalue weighted by Gasteiger charge is -2.29. The van der Waals surface area contributed by atoms with Crippen LogP contribution in [-0.2, 0) is 24.3 Å². The maximum absolute atomic E-state index is 13.8. The average molecular weight is 616 g/mol. The molecular formula is C33H41N7O5. The first kappa shape index (κ1) is 31.6. The monoisotopic (exact) mass is 615 g/mol. The van der Waals surface area contributed by atoms with E-state index in [0.29, 0.717) is 63.2 Å². The maximum Gasteiger partial charge on any atom is 0.415 e. The Morgan fingerprint density at radius 2 is 1.58 bits per heavy atom. The highest BCUT2D eigenvalue weighted by Crippen LogP contribution is 2.30. The molecule has 0 aliphatic carbocycles. The zero-order chi connectivity index (χ0) is 31.9. The molecule has 0 bridgehead atoms. The second kappa shape index (κ2) is 14.3. The molecule has 1 aromatic heterocycles. The van der Waals surface area contributed by atoms with Gasteiger partial charge in [0.15, 0.2) is 5.82 Å². The molecule has 0 radical (unpaired) electrons. The molecule has 2 N–H and O–H groups in total. The fraction of sp³-hybridized carbons (Fsp3) is 0.424. The van der Waals surface area contributed by atoms with E-state index in [1.807, 2.05) is 49.9 Å². The summed E-state index contributed by atoms with van der Waals surface area (Å²) in [5.41, 5.74) is 3.35.